The van der Waals surface area contributed by atoms with Crippen LogP contribution in [0.1, 0.15) is 84.5 Å². The van der Waals surface area contributed by atoms with Gasteiger partial charge in [-0.3, -0.25) is 4.79 Å². The lowest BCUT2D eigenvalue weighted by molar-refractivity contribution is -0.125. The molecule has 0 aromatic carbocycles. The Morgan fingerprint density at radius 1 is 1.23 bits per heavy atom. The molecule has 2 heteroatoms. The largest absolute Gasteiger partial charge is 0.392 e. The first-order valence-corrected chi connectivity index (χ1v) is 12.1. The summed E-state index contributed by atoms with van der Waals surface area (Å²) < 4.78 is 0. The highest BCUT2D eigenvalue weighted by molar-refractivity contribution is 5.85. The van der Waals surface area contributed by atoms with E-state index in [1.54, 1.807) is 6.08 Å². The van der Waals surface area contributed by atoms with Crippen molar-refractivity contribution < 1.29 is 9.90 Å². The van der Waals surface area contributed by atoms with Crippen molar-refractivity contribution in [3.8, 4) is 0 Å². The second-order valence-corrected chi connectivity index (χ2v) is 9.18. The van der Waals surface area contributed by atoms with Crippen molar-refractivity contribution in [3.05, 3.63) is 59.8 Å². The van der Waals surface area contributed by atoms with Gasteiger partial charge in [-0.2, -0.15) is 0 Å². The van der Waals surface area contributed by atoms with Gasteiger partial charge in [-0.25, -0.2) is 0 Å². The van der Waals surface area contributed by atoms with Crippen molar-refractivity contribution in [2.45, 2.75) is 84.5 Å². The molecule has 0 aromatic rings. The van der Waals surface area contributed by atoms with Crippen LogP contribution in [-0.2, 0) is 4.79 Å². The first-order valence-electron chi connectivity index (χ1n) is 12.1. The maximum Gasteiger partial charge on any atom is 0.143 e. The van der Waals surface area contributed by atoms with Gasteiger partial charge in [-0.15, -0.1) is 0 Å². The smallest absolute Gasteiger partial charge is 0.143 e. The number of allylic oxidation sites excluding steroid dienone is 8. The van der Waals surface area contributed by atoms with Crippen molar-refractivity contribution in [1.29, 1.82) is 0 Å². The summed E-state index contributed by atoms with van der Waals surface area (Å²) in [4.78, 5) is 13.3. The van der Waals surface area contributed by atoms with Crippen molar-refractivity contribution in [3.63, 3.8) is 0 Å². The van der Waals surface area contributed by atoms with Gasteiger partial charge < -0.3 is 5.11 Å². The van der Waals surface area contributed by atoms with Crippen LogP contribution in [0.25, 0.3) is 0 Å². The molecule has 0 bridgehead atoms. The number of hydrogen-bond donors (Lipinski definition) is 1. The molecule has 2 unspecified atom stereocenters. The SMILES string of the molecule is C=C/C=C\C=C(/CO)CCC1=C(C)C=C[C@H](C(=O)C2CCCC(CCCC)CC2)C1. The van der Waals surface area contributed by atoms with Gasteiger partial charge in [0.2, 0.25) is 0 Å². The van der Waals surface area contributed by atoms with Gasteiger partial charge in [0.25, 0.3) is 0 Å². The minimum Gasteiger partial charge on any atom is -0.392 e. The third-order valence-electron chi connectivity index (χ3n) is 6.95. The topological polar surface area (TPSA) is 37.3 Å². The molecule has 0 amide bonds. The molecule has 0 heterocycles. The molecule has 2 aliphatic carbocycles. The molecule has 0 aliphatic heterocycles. The molecule has 0 radical (unpaired) electrons. The zero-order valence-electron chi connectivity index (χ0n) is 19.2. The van der Waals surface area contributed by atoms with Gasteiger partial charge in [0.1, 0.15) is 5.78 Å². The van der Waals surface area contributed by atoms with E-state index >= 15 is 0 Å². The van der Waals surface area contributed by atoms with E-state index in [0.29, 0.717) is 5.78 Å². The highest BCUT2D eigenvalue weighted by Gasteiger charge is 2.29. The Morgan fingerprint density at radius 2 is 2.07 bits per heavy atom. The number of carbonyl (C=O) groups is 1. The number of aliphatic hydroxyl groups excluding tert-OH is 1. The monoisotopic (exact) mass is 410 g/mol. The highest BCUT2D eigenvalue weighted by Crippen LogP contribution is 2.35. The van der Waals surface area contributed by atoms with Gasteiger partial charge in [0, 0.05) is 11.8 Å². The van der Waals surface area contributed by atoms with Gasteiger partial charge >= 0.3 is 0 Å². The number of rotatable bonds is 11. The van der Waals surface area contributed by atoms with E-state index in [1.807, 2.05) is 18.2 Å². The fourth-order valence-corrected chi connectivity index (χ4v) is 4.91. The minimum atomic E-state index is 0.0445. The first-order chi connectivity index (χ1) is 14.6. The number of unbranched alkanes of at least 4 members (excludes halogenated alkanes) is 1. The summed E-state index contributed by atoms with van der Waals surface area (Å²) in [5.74, 6) is 1.60. The van der Waals surface area contributed by atoms with Gasteiger partial charge in [-0.1, -0.05) is 93.2 Å². The lowest BCUT2D eigenvalue weighted by atomic mass is 9.79. The third-order valence-corrected chi connectivity index (χ3v) is 6.95. The van der Waals surface area contributed by atoms with Gasteiger partial charge in [-0.05, 0) is 56.9 Å². The predicted octanol–water partition coefficient (Wildman–Crippen LogP) is 7.28. The summed E-state index contributed by atoms with van der Waals surface area (Å²) in [7, 11) is 0. The van der Waals surface area contributed by atoms with Gasteiger partial charge in [0.05, 0.1) is 6.61 Å². The Hall–Kier alpha value is -1.67. The Labute approximate surface area is 184 Å². The Balaban J connectivity index is 1.92. The molecule has 0 spiro atoms. The van der Waals surface area contributed by atoms with Crippen molar-refractivity contribution in [1.82, 2.24) is 0 Å². The molecule has 30 heavy (non-hydrogen) atoms. The average Bonchev–Trinajstić information content (AvgIpc) is 3.01. The van der Waals surface area contributed by atoms with Crippen LogP contribution in [-0.4, -0.2) is 17.5 Å². The molecule has 166 valence electrons. The molecular weight excluding hydrogens is 368 g/mol. The summed E-state index contributed by atoms with van der Waals surface area (Å²) in [6.45, 7) is 8.17. The van der Waals surface area contributed by atoms with Crippen molar-refractivity contribution >= 4 is 5.78 Å². The average molecular weight is 411 g/mol. The number of carbonyl (C=O) groups excluding carboxylic acids is 1. The Morgan fingerprint density at radius 3 is 2.80 bits per heavy atom. The zero-order valence-corrected chi connectivity index (χ0v) is 19.2. The molecule has 2 aliphatic rings. The Bertz CT molecular complexity index is 677. The van der Waals surface area contributed by atoms with E-state index in [0.717, 1.165) is 43.6 Å². The van der Waals surface area contributed by atoms with Crippen LogP contribution < -0.4 is 0 Å². The van der Waals surface area contributed by atoms with E-state index in [1.165, 1.54) is 49.7 Å². The Kier molecular flexibility index (Phi) is 11.1. The number of hydrogen-bond acceptors (Lipinski definition) is 2. The van der Waals surface area contributed by atoms with Crippen LogP contribution in [0, 0.1) is 17.8 Å². The molecule has 2 rings (SSSR count). The summed E-state index contributed by atoms with van der Waals surface area (Å²) in [5.41, 5.74) is 3.68. The van der Waals surface area contributed by atoms with E-state index in [9.17, 15) is 9.90 Å². The van der Waals surface area contributed by atoms with Crippen LogP contribution >= 0.6 is 0 Å². The number of aliphatic hydroxyl groups is 1. The maximum atomic E-state index is 13.3. The second-order valence-electron chi connectivity index (χ2n) is 9.18. The molecule has 3 atom stereocenters. The van der Waals surface area contributed by atoms with E-state index in [-0.39, 0.29) is 18.4 Å². The molecule has 1 fully saturated rings. The minimum absolute atomic E-state index is 0.0445. The van der Waals surface area contributed by atoms with E-state index in [4.69, 9.17) is 0 Å². The van der Waals surface area contributed by atoms with Crippen LogP contribution in [0.3, 0.4) is 0 Å². The summed E-state index contributed by atoms with van der Waals surface area (Å²) in [6, 6.07) is 0. The fourth-order valence-electron chi connectivity index (χ4n) is 4.91. The first kappa shape index (κ1) is 24.6. The molecular formula is C28H42O2. The van der Waals surface area contributed by atoms with Crippen LogP contribution in [0.2, 0.25) is 0 Å². The molecule has 1 saturated carbocycles. The van der Waals surface area contributed by atoms with Crippen LogP contribution in [0.15, 0.2) is 59.8 Å². The standard InChI is InChI=1S/C28H42O2/c1-4-6-8-11-24(21-29)16-19-26-20-27(17-14-22(26)3)28(30)25-13-9-12-23(15-18-25)10-7-5-2/h4,6,8,11,14,17,23,25,27,29H,1,5,7,9-10,12-13,15-16,18-21H2,2-3H3/b8-6-,24-11-/t23?,25?,27-/m0/s1. The van der Waals surface area contributed by atoms with E-state index in [2.05, 4.69) is 32.6 Å². The quantitative estimate of drug-likeness (QED) is 0.287. The van der Waals surface area contributed by atoms with Crippen molar-refractivity contribution in [2.24, 2.45) is 17.8 Å². The summed E-state index contributed by atoms with van der Waals surface area (Å²) in [5, 5.41) is 9.62. The second kappa shape index (κ2) is 13.6. The molecule has 2 nitrogen and oxygen atoms in total. The highest BCUT2D eigenvalue weighted by atomic mass is 16.3. The van der Waals surface area contributed by atoms with E-state index < -0.39 is 0 Å². The van der Waals surface area contributed by atoms with Crippen molar-refractivity contribution in [2.75, 3.05) is 6.61 Å². The normalized spacial score (nSPS) is 25.6. The fraction of sp³-hybridized carbons (Fsp3) is 0.607. The van der Waals surface area contributed by atoms with Crippen LogP contribution in [0.5, 0.6) is 0 Å². The molecule has 0 aromatic heterocycles. The number of ketones is 1. The predicted molar refractivity (Wildman–Crippen MR) is 128 cm³/mol. The lowest BCUT2D eigenvalue weighted by Gasteiger charge is -2.24. The molecule has 0 saturated heterocycles. The molecule has 1 N–H and O–H groups in total. The lowest BCUT2D eigenvalue weighted by Crippen LogP contribution is -2.24. The van der Waals surface area contributed by atoms with Gasteiger partial charge in [0.15, 0.2) is 0 Å². The maximum absolute atomic E-state index is 13.3. The number of Topliss-reactive ketones (excluding diaryl/α,β-unsaturated/α-hetero) is 1. The zero-order chi connectivity index (χ0) is 21.8. The summed E-state index contributed by atoms with van der Waals surface area (Å²) in [6.07, 6.45) is 24.3. The van der Waals surface area contributed by atoms with Crippen LogP contribution in [0.4, 0.5) is 0 Å². The third kappa shape index (κ3) is 7.87. The summed E-state index contributed by atoms with van der Waals surface area (Å²) >= 11 is 0.